The Balaban J connectivity index is 0.00000146. The van der Waals surface area contributed by atoms with Gasteiger partial charge in [0.15, 0.2) is 0 Å². The molecule has 0 aromatic carbocycles. The Morgan fingerprint density at radius 3 is 2.10 bits per heavy atom. The molecule has 1 saturated carbocycles. The molecule has 0 bridgehead atoms. The summed E-state index contributed by atoms with van der Waals surface area (Å²) in [6, 6.07) is 0. The van der Waals surface area contributed by atoms with Gasteiger partial charge in [0.05, 0.1) is 12.3 Å². The van der Waals surface area contributed by atoms with Crippen LogP contribution in [0.25, 0.3) is 0 Å². The van der Waals surface area contributed by atoms with Crippen molar-refractivity contribution in [3.63, 3.8) is 0 Å². The second-order valence-corrected chi connectivity index (χ2v) is 7.82. The van der Waals surface area contributed by atoms with Gasteiger partial charge in [-0.3, -0.25) is 28.3 Å². The SMILES string of the molecule is CC.O=C(ON1C(=O)CC(S(=O)[O-])C1=O)C1CCC(CN2C(=O)C=CC2=O)CC1.[Na+]. The summed E-state index contributed by atoms with van der Waals surface area (Å²) in [5, 5.41) is -1.28. The van der Waals surface area contributed by atoms with Crippen molar-refractivity contribution in [2.45, 2.75) is 51.2 Å². The van der Waals surface area contributed by atoms with Crippen LogP contribution in [0, 0.1) is 11.8 Å². The van der Waals surface area contributed by atoms with E-state index in [1.54, 1.807) is 0 Å². The Hall–Kier alpha value is -1.40. The molecule has 0 radical (unpaired) electrons. The molecule has 1 aliphatic carbocycles. The zero-order chi connectivity index (χ0) is 21.7. The minimum atomic E-state index is -2.76. The zero-order valence-corrected chi connectivity index (χ0v) is 20.0. The normalized spacial score (nSPS) is 26.8. The molecule has 0 N–H and O–H groups in total. The fraction of sp³-hybridized carbons (Fsp3) is 0.611. The monoisotopic (exact) mass is 450 g/mol. The molecule has 0 aromatic rings. The molecule has 12 heteroatoms. The molecule has 4 amide bonds. The van der Waals surface area contributed by atoms with Gasteiger partial charge in [0, 0.05) is 18.7 Å². The first-order valence-electron chi connectivity index (χ1n) is 9.48. The van der Waals surface area contributed by atoms with Crippen molar-refractivity contribution in [2.75, 3.05) is 6.54 Å². The first kappa shape index (κ1) is 26.6. The van der Waals surface area contributed by atoms with E-state index in [0.717, 1.165) is 4.90 Å². The summed E-state index contributed by atoms with van der Waals surface area (Å²) in [4.78, 5) is 65.0. The van der Waals surface area contributed by atoms with Crippen LogP contribution in [0.15, 0.2) is 12.2 Å². The molecular formula is C18H23N2NaO8S. The average Bonchev–Trinajstić information content (AvgIpc) is 3.17. The molecule has 2 atom stereocenters. The third-order valence-electron chi connectivity index (χ3n) is 5.00. The molecule has 3 rings (SSSR count). The molecule has 160 valence electrons. The number of rotatable bonds is 5. The molecule has 10 nitrogen and oxygen atoms in total. The molecule has 2 heterocycles. The van der Waals surface area contributed by atoms with Crippen LogP contribution in [0.2, 0.25) is 0 Å². The number of carbonyl (C=O) groups excluding carboxylic acids is 5. The predicted octanol–water partition coefficient (Wildman–Crippen LogP) is -2.79. The summed E-state index contributed by atoms with van der Waals surface area (Å²) in [6.45, 7) is 4.28. The van der Waals surface area contributed by atoms with Crippen molar-refractivity contribution < 1.29 is 67.1 Å². The molecule has 0 spiro atoms. The number of imide groups is 2. The number of hydroxylamine groups is 2. The first-order valence-corrected chi connectivity index (χ1v) is 10.6. The van der Waals surface area contributed by atoms with Crippen LogP contribution >= 0.6 is 0 Å². The quantitative estimate of drug-likeness (QED) is 0.249. The number of carbonyl (C=O) groups is 5. The zero-order valence-electron chi connectivity index (χ0n) is 17.2. The summed E-state index contributed by atoms with van der Waals surface area (Å²) in [5.74, 6) is -3.87. The van der Waals surface area contributed by atoms with Crippen molar-refractivity contribution in [1.29, 1.82) is 0 Å². The van der Waals surface area contributed by atoms with E-state index in [-0.39, 0.29) is 58.9 Å². The van der Waals surface area contributed by atoms with Gasteiger partial charge in [0.1, 0.15) is 5.25 Å². The largest absolute Gasteiger partial charge is 1.00 e. The maximum absolute atomic E-state index is 12.2. The molecule has 3 aliphatic rings. The van der Waals surface area contributed by atoms with Gasteiger partial charge in [0.25, 0.3) is 23.6 Å². The number of hydrogen-bond donors (Lipinski definition) is 0. The molecule has 2 unspecified atom stereocenters. The van der Waals surface area contributed by atoms with Crippen LogP contribution in [-0.2, 0) is 39.9 Å². The van der Waals surface area contributed by atoms with Crippen LogP contribution in [0.1, 0.15) is 46.0 Å². The molecule has 2 fully saturated rings. The van der Waals surface area contributed by atoms with Crippen LogP contribution < -0.4 is 29.6 Å². The van der Waals surface area contributed by atoms with Crippen molar-refractivity contribution >= 4 is 40.7 Å². The fourth-order valence-electron chi connectivity index (χ4n) is 3.44. The smallest absolute Gasteiger partial charge is 0.772 e. The number of amides is 4. The maximum Gasteiger partial charge on any atom is 1.00 e. The van der Waals surface area contributed by atoms with Gasteiger partial charge < -0.3 is 9.39 Å². The van der Waals surface area contributed by atoms with E-state index < -0.39 is 46.5 Å². The van der Waals surface area contributed by atoms with E-state index in [0.29, 0.717) is 25.7 Å². The van der Waals surface area contributed by atoms with E-state index in [1.165, 1.54) is 12.2 Å². The van der Waals surface area contributed by atoms with Gasteiger partial charge in [0.2, 0.25) is 0 Å². The molecule has 0 aromatic heterocycles. The summed E-state index contributed by atoms with van der Waals surface area (Å²) in [6.07, 6.45) is 3.88. The fourth-order valence-corrected chi connectivity index (χ4v) is 3.98. The predicted molar refractivity (Wildman–Crippen MR) is 97.9 cm³/mol. The molecular weight excluding hydrogens is 427 g/mol. The Morgan fingerprint density at radius 1 is 1.10 bits per heavy atom. The van der Waals surface area contributed by atoms with Crippen molar-refractivity contribution in [3.05, 3.63) is 12.2 Å². The van der Waals surface area contributed by atoms with Crippen molar-refractivity contribution in [3.8, 4) is 0 Å². The maximum atomic E-state index is 12.2. The Bertz CT molecular complexity index is 745. The second-order valence-electron chi connectivity index (χ2n) is 6.73. The van der Waals surface area contributed by atoms with E-state index in [4.69, 9.17) is 4.84 Å². The molecule has 2 aliphatic heterocycles. The standard InChI is InChI=1S/C16H18N2O8S.C2H6.Na/c19-12-5-6-13(20)17(12)8-9-1-3-10(4-2-9)16(23)26-18-14(21)7-11(15(18)22)27(24)25;1-2;/h5-6,9-11H,1-4,7-8H2,(H,24,25);1-2H3;/q;;+1/p-1. The summed E-state index contributed by atoms with van der Waals surface area (Å²) < 4.78 is 21.8. The number of hydrogen-bond acceptors (Lipinski definition) is 8. The third kappa shape index (κ3) is 6.07. The van der Waals surface area contributed by atoms with E-state index in [1.807, 2.05) is 13.8 Å². The van der Waals surface area contributed by atoms with Gasteiger partial charge in [-0.1, -0.05) is 13.8 Å². The summed E-state index contributed by atoms with van der Waals surface area (Å²) in [7, 11) is 0. The van der Waals surface area contributed by atoms with E-state index in [2.05, 4.69) is 0 Å². The van der Waals surface area contributed by atoms with Gasteiger partial charge in [-0.15, -0.1) is 5.06 Å². The Labute approximate surface area is 198 Å². The van der Waals surface area contributed by atoms with Crippen LogP contribution in [0.4, 0.5) is 0 Å². The van der Waals surface area contributed by atoms with Gasteiger partial charge >= 0.3 is 35.5 Å². The van der Waals surface area contributed by atoms with Crippen LogP contribution in [0.5, 0.6) is 0 Å². The van der Waals surface area contributed by atoms with Crippen molar-refractivity contribution in [2.24, 2.45) is 11.8 Å². The third-order valence-corrected chi connectivity index (χ3v) is 5.83. The Morgan fingerprint density at radius 2 is 1.63 bits per heavy atom. The average molecular weight is 450 g/mol. The molecule has 1 saturated heterocycles. The minimum absolute atomic E-state index is 0. The van der Waals surface area contributed by atoms with E-state index in [9.17, 15) is 32.7 Å². The first-order chi connectivity index (χ1) is 13.8. The topological polar surface area (TPSA) is 141 Å². The Kier molecular flexibility index (Phi) is 10.5. The van der Waals surface area contributed by atoms with Crippen LogP contribution in [0.3, 0.4) is 0 Å². The van der Waals surface area contributed by atoms with Gasteiger partial charge in [-0.05, 0) is 42.7 Å². The number of nitrogens with zero attached hydrogens (tertiary/aromatic N) is 2. The summed E-state index contributed by atoms with van der Waals surface area (Å²) >= 11 is -2.76. The van der Waals surface area contributed by atoms with Crippen molar-refractivity contribution in [1.82, 2.24) is 9.96 Å². The molecule has 30 heavy (non-hydrogen) atoms. The minimum Gasteiger partial charge on any atom is -0.772 e. The summed E-state index contributed by atoms with van der Waals surface area (Å²) in [5.41, 5.74) is 0. The van der Waals surface area contributed by atoms with Crippen LogP contribution in [-0.4, -0.2) is 60.1 Å². The van der Waals surface area contributed by atoms with Gasteiger partial charge in [-0.2, -0.15) is 0 Å². The van der Waals surface area contributed by atoms with E-state index >= 15 is 0 Å². The second kappa shape index (κ2) is 11.8. The van der Waals surface area contributed by atoms with Gasteiger partial charge in [-0.25, -0.2) is 4.79 Å².